The highest BCUT2D eigenvalue weighted by Gasteiger charge is 2.10. The third kappa shape index (κ3) is 4.22. The molecule has 4 nitrogen and oxygen atoms in total. The smallest absolute Gasteiger partial charge is 0.321 e. The molecule has 1 rings (SSSR count). The first-order chi connectivity index (χ1) is 7.09. The highest BCUT2D eigenvalue weighted by atomic mass is 32.2. The number of thioether (sulfide) groups is 1. The third-order valence-electron chi connectivity index (χ3n) is 1.79. The second-order valence-electron chi connectivity index (χ2n) is 3.13. The summed E-state index contributed by atoms with van der Waals surface area (Å²) < 4.78 is 0. The van der Waals surface area contributed by atoms with Gasteiger partial charge < -0.3 is 15.9 Å². The van der Waals surface area contributed by atoms with Crippen LogP contribution in [0.3, 0.4) is 0 Å². The van der Waals surface area contributed by atoms with Crippen molar-refractivity contribution in [2.75, 3.05) is 5.75 Å². The van der Waals surface area contributed by atoms with Gasteiger partial charge in [0.1, 0.15) is 11.8 Å². The van der Waals surface area contributed by atoms with Crippen LogP contribution in [0.5, 0.6) is 5.75 Å². The Morgan fingerprint density at radius 3 is 2.87 bits per heavy atom. The highest BCUT2D eigenvalue weighted by Crippen LogP contribution is 2.17. The largest absolute Gasteiger partial charge is 0.508 e. The Morgan fingerprint density at radius 2 is 2.27 bits per heavy atom. The Bertz CT molecular complexity index is 343. The van der Waals surface area contributed by atoms with Crippen LogP contribution in [0, 0.1) is 0 Å². The van der Waals surface area contributed by atoms with Crippen LogP contribution in [0.15, 0.2) is 24.3 Å². The van der Waals surface area contributed by atoms with Gasteiger partial charge in [0.15, 0.2) is 0 Å². The van der Waals surface area contributed by atoms with Crippen molar-refractivity contribution in [3.8, 4) is 5.75 Å². The minimum absolute atomic E-state index is 0.218. The number of phenolic OH excluding ortho intramolecular Hbond substituents is 1. The standard InChI is InChI=1S/C10H13NO3S/c11-9(10(13)14)6-15-5-7-2-1-3-8(12)4-7/h1-4,9,12H,5-6,11H2,(H,13,14)/t9-/m1/s1. The van der Waals surface area contributed by atoms with Crippen LogP contribution in [0.25, 0.3) is 0 Å². The SMILES string of the molecule is N[C@H](CSCc1cccc(O)c1)C(=O)O. The maximum atomic E-state index is 10.4. The molecule has 0 bridgehead atoms. The molecule has 5 heteroatoms. The second-order valence-corrected chi connectivity index (χ2v) is 4.16. The van der Waals surface area contributed by atoms with Gasteiger partial charge in [-0.05, 0) is 17.7 Å². The van der Waals surface area contributed by atoms with Crippen molar-refractivity contribution in [2.45, 2.75) is 11.8 Å². The number of phenols is 1. The molecule has 4 N–H and O–H groups in total. The van der Waals surface area contributed by atoms with Gasteiger partial charge in [0, 0.05) is 11.5 Å². The topological polar surface area (TPSA) is 83.5 Å². The number of rotatable bonds is 5. The summed E-state index contributed by atoms with van der Waals surface area (Å²) in [6, 6.07) is 6.05. The van der Waals surface area contributed by atoms with Crippen LogP contribution in [0.4, 0.5) is 0 Å². The van der Waals surface area contributed by atoms with E-state index in [1.165, 1.54) is 11.8 Å². The van der Waals surface area contributed by atoms with E-state index in [-0.39, 0.29) is 5.75 Å². The molecule has 0 fully saturated rings. The number of carboxylic acid groups (broad SMARTS) is 1. The third-order valence-corrected chi connectivity index (χ3v) is 2.93. The first kappa shape index (κ1) is 11.9. The summed E-state index contributed by atoms with van der Waals surface area (Å²) in [4.78, 5) is 10.4. The molecule has 0 heterocycles. The van der Waals surface area contributed by atoms with Crippen molar-refractivity contribution < 1.29 is 15.0 Å². The number of hydrogen-bond donors (Lipinski definition) is 3. The Balaban J connectivity index is 2.35. The average Bonchev–Trinajstić information content (AvgIpc) is 2.17. The molecule has 0 saturated carbocycles. The van der Waals surface area contributed by atoms with Gasteiger partial charge >= 0.3 is 5.97 Å². The Hall–Kier alpha value is -1.20. The zero-order valence-corrected chi connectivity index (χ0v) is 8.91. The van der Waals surface area contributed by atoms with E-state index in [0.29, 0.717) is 11.5 Å². The van der Waals surface area contributed by atoms with E-state index in [4.69, 9.17) is 10.8 Å². The number of nitrogens with two attached hydrogens (primary N) is 1. The predicted molar refractivity (Wildman–Crippen MR) is 59.9 cm³/mol. The lowest BCUT2D eigenvalue weighted by molar-refractivity contribution is -0.137. The average molecular weight is 227 g/mol. The number of benzene rings is 1. The van der Waals surface area contributed by atoms with Gasteiger partial charge in [0.2, 0.25) is 0 Å². The Kier molecular flexibility index (Phi) is 4.45. The molecule has 0 unspecified atom stereocenters. The molecule has 1 atom stereocenters. The van der Waals surface area contributed by atoms with Crippen molar-refractivity contribution >= 4 is 17.7 Å². The van der Waals surface area contributed by atoms with Crippen molar-refractivity contribution in [3.63, 3.8) is 0 Å². The predicted octanol–water partition coefficient (Wildman–Crippen LogP) is 1.04. The van der Waals surface area contributed by atoms with Crippen LogP contribution >= 0.6 is 11.8 Å². The van der Waals surface area contributed by atoms with Crippen LogP contribution in [0.1, 0.15) is 5.56 Å². The first-order valence-corrected chi connectivity index (χ1v) is 5.59. The molecule has 0 radical (unpaired) electrons. The normalized spacial score (nSPS) is 12.3. The van der Waals surface area contributed by atoms with Crippen molar-refractivity contribution in [1.82, 2.24) is 0 Å². The van der Waals surface area contributed by atoms with Crippen molar-refractivity contribution in [2.24, 2.45) is 5.73 Å². The summed E-state index contributed by atoms with van der Waals surface area (Å²) in [7, 11) is 0. The van der Waals surface area contributed by atoms with E-state index < -0.39 is 12.0 Å². The summed E-state index contributed by atoms with van der Waals surface area (Å²) in [6.45, 7) is 0. The summed E-state index contributed by atoms with van der Waals surface area (Å²) in [5, 5.41) is 17.7. The zero-order valence-electron chi connectivity index (χ0n) is 8.09. The number of carbonyl (C=O) groups is 1. The van der Waals surface area contributed by atoms with E-state index in [2.05, 4.69) is 0 Å². The maximum Gasteiger partial charge on any atom is 0.321 e. The summed E-state index contributed by atoms with van der Waals surface area (Å²) in [5.74, 6) is 0.245. The molecule has 0 aromatic heterocycles. The van der Waals surface area contributed by atoms with E-state index >= 15 is 0 Å². The lowest BCUT2D eigenvalue weighted by atomic mass is 10.2. The molecular weight excluding hydrogens is 214 g/mol. The molecule has 15 heavy (non-hydrogen) atoms. The van der Waals surface area contributed by atoms with Crippen LogP contribution < -0.4 is 5.73 Å². The van der Waals surface area contributed by atoms with Crippen LogP contribution in [-0.4, -0.2) is 28.0 Å². The minimum Gasteiger partial charge on any atom is -0.508 e. The molecule has 1 aromatic rings. The van der Waals surface area contributed by atoms with E-state index in [9.17, 15) is 9.90 Å². The molecule has 0 aliphatic carbocycles. The zero-order chi connectivity index (χ0) is 11.3. The molecule has 82 valence electrons. The molecule has 0 amide bonds. The second kappa shape index (κ2) is 5.63. The molecule has 0 saturated heterocycles. The van der Waals surface area contributed by atoms with Crippen LogP contribution in [0.2, 0.25) is 0 Å². The van der Waals surface area contributed by atoms with E-state index in [1.54, 1.807) is 18.2 Å². The fourth-order valence-electron chi connectivity index (χ4n) is 1.02. The first-order valence-electron chi connectivity index (χ1n) is 4.43. The van der Waals surface area contributed by atoms with Gasteiger partial charge in [-0.15, -0.1) is 0 Å². The minimum atomic E-state index is -0.988. The van der Waals surface area contributed by atoms with Crippen molar-refractivity contribution in [1.29, 1.82) is 0 Å². The number of aliphatic carboxylic acids is 1. The summed E-state index contributed by atoms with van der Waals surface area (Å²) >= 11 is 1.43. The van der Waals surface area contributed by atoms with Gasteiger partial charge in [-0.1, -0.05) is 12.1 Å². The lowest BCUT2D eigenvalue weighted by Gasteiger charge is -2.06. The highest BCUT2D eigenvalue weighted by molar-refractivity contribution is 7.98. The van der Waals surface area contributed by atoms with Crippen molar-refractivity contribution in [3.05, 3.63) is 29.8 Å². The van der Waals surface area contributed by atoms with E-state index in [1.807, 2.05) is 6.07 Å². The number of hydrogen-bond acceptors (Lipinski definition) is 4. The molecular formula is C10H13NO3S. The Morgan fingerprint density at radius 1 is 1.53 bits per heavy atom. The molecule has 0 spiro atoms. The number of carboxylic acids is 1. The van der Waals surface area contributed by atoms with Gasteiger partial charge in [0.25, 0.3) is 0 Å². The van der Waals surface area contributed by atoms with Gasteiger partial charge in [-0.2, -0.15) is 11.8 Å². The van der Waals surface area contributed by atoms with Crippen LogP contribution in [-0.2, 0) is 10.5 Å². The number of aromatic hydroxyl groups is 1. The molecule has 0 aliphatic heterocycles. The van der Waals surface area contributed by atoms with Gasteiger partial charge in [-0.3, -0.25) is 4.79 Å². The Labute approximate surface area is 92.1 Å². The fourth-order valence-corrected chi connectivity index (χ4v) is 1.95. The maximum absolute atomic E-state index is 10.4. The van der Waals surface area contributed by atoms with Gasteiger partial charge in [0.05, 0.1) is 0 Å². The molecule has 1 aromatic carbocycles. The van der Waals surface area contributed by atoms with E-state index in [0.717, 1.165) is 5.56 Å². The summed E-state index contributed by atoms with van der Waals surface area (Å²) in [6.07, 6.45) is 0. The quantitative estimate of drug-likeness (QED) is 0.700. The summed E-state index contributed by atoms with van der Waals surface area (Å²) in [5.41, 5.74) is 6.30. The van der Waals surface area contributed by atoms with Gasteiger partial charge in [-0.25, -0.2) is 0 Å². The molecule has 0 aliphatic rings. The lowest BCUT2D eigenvalue weighted by Crippen LogP contribution is -2.32. The monoisotopic (exact) mass is 227 g/mol. The fraction of sp³-hybridized carbons (Fsp3) is 0.300.